The maximum atomic E-state index is 9.33. The van der Waals surface area contributed by atoms with E-state index >= 15 is 0 Å². The first-order chi connectivity index (χ1) is 8.24. The van der Waals surface area contributed by atoms with Crippen LogP contribution in [0.4, 0.5) is 0 Å². The maximum absolute atomic E-state index is 9.33. The van der Waals surface area contributed by atoms with Crippen LogP contribution in [-0.2, 0) is 0 Å². The first kappa shape index (κ1) is 9.04. The highest BCUT2D eigenvalue weighted by atomic mass is 16.3. The van der Waals surface area contributed by atoms with Crippen LogP contribution >= 0.6 is 0 Å². The Morgan fingerprint density at radius 2 is 2.07 bits per heavy atom. The van der Waals surface area contributed by atoms with Crippen molar-refractivity contribution in [1.82, 2.24) is 0 Å². The van der Waals surface area contributed by atoms with Crippen molar-refractivity contribution in [2.75, 3.05) is 6.61 Å². The monoisotopic (exact) mass is 213 g/mol. The van der Waals surface area contributed by atoms with Crippen molar-refractivity contribution in [3.63, 3.8) is 0 Å². The quantitative estimate of drug-likeness (QED) is 0.746. The highest BCUT2D eigenvalue weighted by Crippen LogP contribution is 2.62. The van der Waals surface area contributed by atoms with Gasteiger partial charge in [0.05, 0.1) is 0 Å². The van der Waals surface area contributed by atoms with E-state index in [1.165, 1.54) is 32.1 Å². The molecule has 6 unspecified atom stereocenters. The summed E-state index contributed by atoms with van der Waals surface area (Å²) in [5.74, 6) is 5.68. The molecule has 0 spiro atoms. The third kappa shape index (κ3) is 1.54. The summed E-state index contributed by atoms with van der Waals surface area (Å²) in [7, 11) is -0.250. The van der Waals surface area contributed by atoms with Crippen molar-refractivity contribution in [3.05, 3.63) is 0 Å². The van der Waals surface area contributed by atoms with Gasteiger partial charge in [-0.3, -0.25) is 0 Å². The van der Waals surface area contributed by atoms with E-state index < -0.39 is 0 Å². The molecule has 3 aliphatic rings. The second-order valence-corrected chi connectivity index (χ2v) is 5.91. The summed E-state index contributed by atoms with van der Waals surface area (Å²) >= 11 is 0. The third-order valence-corrected chi connectivity index (χ3v) is 5.51. The molecule has 3 saturated carbocycles. The van der Waals surface area contributed by atoms with E-state index in [4.69, 9.17) is 2.74 Å². The molecule has 1 N–H and O–H groups in total. The van der Waals surface area contributed by atoms with E-state index in [9.17, 15) is 5.11 Å². The molecule has 0 amide bonds. The molecule has 0 saturated heterocycles. The molecule has 6 atom stereocenters. The van der Waals surface area contributed by atoms with Crippen LogP contribution < -0.4 is 0 Å². The van der Waals surface area contributed by atoms with E-state index in [0.717, 1.165) is 29.6 Å². The number of hydrogen-bond acceptors (Lipinski definition) is 1. The van der Waals surface area contributed by atoms with Gasteiger partial charge in [-0.1, -0.05) is 20.7 Å². The summed E-state index contributed by atoms with van der Waals surface area (Å²) in [6.07, 6.45) is 7.19. The molecule has 3 rings (SSSR count). The minimum Gasteiger partial charge on any atom is -0.396 e. The van der Waals surface area contributed by atoms with Gasteiger partial charge < -0.3 is 5.11 Å². The van der Waals surface area contributed by atoms with E-state index in [2.05, 4.69) is 6.92 Å². The molecule has 3 aliphatic carbocycles. The van der Waals surface area contributed by atoms with Crippen LogP contribution in [0.25, 0.3) is 0 Å². The second-order valence-electron chi connectivity index (χ2n) is 5.91. The van der Waals surface area contributed by atoms with Gasteiger partial charge in [0.25, 0.3) is 0 Å². The van der Waals surface area contributed by atoms with Gasteiger partial charge in [-0.2, -0.15) is 0 Å². The van der Waals surface area contributed by atoms with E-state index in [1.54, 1.807) is 0 Å². The van der Waals surface area contributed by atoms with E-state index in [0.29, 0.717) is 12.5 Å². The number of aliphatic hydroxyl groups is 1. The average Bonchev–Trinajstić information content (AvgIpc) is 2.99. The van der Waals surface area contributed by atoms with Gasteiger partial charge in [0, 0.05) is 9.35 Å². The van der Waals surface area contributed by atoms with Crippen LogP contribution in [0.1, 0.15) is 49.1 Å². The Labute approximate surface area is 97.1 Å². The minimum atomic E-state index is -0.250. The summed E-state index contributed by atoms with van der Waals surface area (Å²) in [6, 6.07) is 0. The lowest BCUT2D eigenvalue weighted by Gasteiger charge is -2.30. The van der Waals surface area contributed by atoms with Crippen LogP contribution in [0.15, 0.2) is 0 Å². The van der Waals surface area contributed by atoms with Crippen LogP contribution in [0, 0.1) is 35.5 Å². The Morgan fingerprint density at radius 3 is 2.73 bits per heavy atom. The predicted molar refractivity (Wildman–Crippen MR) is 63.5 cm³/mol. The van der Waals surface area contributed by atoms with Crippen LogP contribution in [0.5, 0.6) is 0 Å². The minimum absolute atomic E-state index is 0.250. The van der Waals surface area contributed by atoms with Crippen molar-refractivity contribution in [3.8, 4) is 0 Å². The number of fused-ring (bicyclic) bond motifs is 5. The fourth-order valence-electron chi connectivity index (χ4n) is 4.87. The second kappa shape index (κ2) is 4.08. The molecule has 2 bridgehead atoms. The fourth-order valence-corrected chi connectivity index (χ4v) is 4.87. The lowest BCUT2D eigenvalue weighted by atomic mass is 9.76. The first-order valence-electron chi connectivity index (χ1n) is 7.85. The topological polar surface area (TPSA) is 20.2 Å². The molecule has 88 valence electrons. The molecule has 0 heterocycles. The van der Waals surface area contributed by atoms with Gasteiger partial charge in [-0.15, -0.1) is 0 Å². The zero-order chi connectivity index (χ0) is 12.4. The molecule has 1 heteroatoms. The highest BCUT2D eigenvalue weighted by molar-refractivity contribution is 5.04. The summed E-state index contributed by atoms with van der Waals surface area (Å²) in [6.45, 7) is 2.80. The Morgan fingerprint density at radius 1 is 1.33 bits per heavy atom. The maximum Gasteiger partial charge on any atom is 0.0462 e. The van der Waals surface area contributed by atoms with Crippen molar-refractivity contribution in [2.24, 2.45) is 35.5 Å². The molecule has 0 aromatic heterocycles. The molecular formula is C14H26O. The molecule has 0 aliphatic heterocycles. The molecule has 15 heavy (non-hydrogen) atoms. The molecule has 0 aromatic rings. The van der Waals surface area contributed by atoms with Crippen molar-refractivity contribution >= 4 is 0 Å². The normalized spacial score (nSPS) is 52.9. The summed E-state index contributed by atoms with van der Waals surface area (Å²) in [5.41, 5.74) is 0. The molecule has 0 radical (unpaired) electrons. The molecule has 0 aromatic carbocycles. The van der Waals surface area contributed by atoms with Crippen molar-refractivity contribution in [1.29, 1.82) is 0 Å². The van der Waals surface area contributed by atoms with Gasteiger partial charge >= 0.3 is 0 Å². The number of hydrogen-bond donors (Lipinski definition) is 1. The third-order valence-electron chi connectivity index (χ3n) is 5.51. The molecule has 1 nitrogen and oxygen atoms in total. The standard InChI is InChI=1S/C13H22O.CH4/c1-2-8-3-11-9-5-10(7-14)12(6-9)13(11)4-8;/h8-14H,2-7H2,1H3;1H4/i;1TD. The average molecular weight is 213 g/mol. The van der Waals surface area contributed by atoms with Crippen LogP contribution in [0.3, 0.4) is 0 Å². The van der Waals surface area contributed by atoms with Gasteiger partial charge in [0.1, 0.15) is 0 Å². The lowest BCUT2D eigenvalue weighted by molar-refractivity contribution is 0.121. The zero-order valence-electron chi connectivity index (χ0n) is 11.9. The lowest BCUT2D eigenvalue weighted by Crippen LogP contribution is -2.26. The Hall–Kier alpha value is -0.0400. The first-order valence-corrected chi connectivity index (χ1v) is 6.44. The van der Waals surface area contributed by atoms with E-state index in [-0.39, 0.29) is 7.38 Å². The molecule has 3 fully saturated rings. The highest BCUT2D eigenvalue weighted by Gasteiger charge is 2.55. The fraction of sp³-hybridized carbons (Fsp3) is 1.00. The van der Waals surface area contributed by atoms with E-state index in [1.807, 2.05) is 0 Å². The summed E-state index contributed by atoms with van der Waals surface area (Å²) in [5, 5.41) is 9.33. The molecular weight excluding hydrogens is 184 g/mol. The zero-order valence-corrected chi connectivity index (χ0v) is 9.86. The van der Waals surface area contributed by atoms with Crippen LogP contribution in [0.2, 0.25) is 0 Å². The van der Waals surface area contributed by atoms with Crippen LogP contribution in [-0.4, -0.2) is 11.7 Å². The largest absolute Gasteiger partial charge is 0.396 e. The van der Waals surface area contributed by atoms with Gasteiger partial charge in [0.15, 0.2) is 0 Å². The smallest absolute Gasteiger partial charge is 0.0462 e. The summed E-state index contributed by atoms with van der Waals surface area (Å²) < 4.78 is 11.8. The van der Waals surface area contributed by atoms with Gasteiger partial charge in [-0.25, -0.2) is 0 Å². The predicted octanol–water partition coefficient (Wildman–Crippen LogP) is 3.32. The Kier molecular flexibility index (Phi) is 2.46. The summed E-state index contributed by atoms with van der Waals surface area (Å²) in [4.78, 5) is 0. The van der Waals surface area contributed by atoms with Gasteiger partial charge in [0.2, 0.25) is 0 Å². The van der Waals surface area contributed by atoms with Crippen molar-refractivity contribution in [2.45, 2.75) is 46.4 Å². The van der Waals surface area contributed by atoms with Crippen molar-refractivity contribution < 1.29 is 7.85 Å². The Bertz CT molecular complexity index is 244. The SMILES string of the molecule is CCC1CC2C3CC(CO)C(C3)C2C1.[2H]C[3H]. The van der Waals surface area contributed by atoms with Gasteiger partial charge in [-0.05, 0) is 61.2 Å². The number of rotatable bonds is 2. The number of aliphatic hydroxyl groups excluding tert-OH is 1. The Balaban J connectivity index is 0.000000329.